The minimum absolute atomic E-state index is 0.392. The van der Waals surface area contributed by atoms with Crippen molar-refractivity contribution in [1.82, 2.24) is 9.97 Å². The van der Waals surface area contributed by atoms with Crippen molar-refractivity contribution in [1.29, 1.82) is 0 Å². The molecule has 106 valence electrons. The molecule has 20 heavy (non-hydrogen) atoms. The Hall–Kier alpha value is -1.84. The first-order chi connectivity index (χ1) is 9.66. The molecular weight excluding hydrogens is 248 g/mol. The van der Waals surface area contributed by atoms with Crippen molar-refractivity contribution in [3.05, 3.63) is 24.5 Å². The third kappa shape index (κ3) is 2.69. The lowest BCUT2D eigenvalue weighted by Gasteiger charge is -2.33. The quantitative estimate of drug-likeness (QED) is 0.836. The van der Waals surface area contributed by atoms with E-state index in [-0.39, 0.29) is 0 Å². The van der Waals surface area contributed by atoms with Gasteiger partial charge in [-0.25, -0.2) is 9.97 Å². The summed E-state index contributed by atoms with van der Waals surface area (Å²) in [6.45, 7) is 3.35. The van der Waals surface area contributed by atoms with E-state index >= 15 is 0 Å². The molecule has 1 fully saturated rings. The molecule has 1 saturated carbocycles. The second kappa shape index (κ2) is 5.27. The number of benzene rings is 1. The van der Waals surface area contributed by atoms with Crippen molar-refractivity contribution in [2.24, 2.45) is 5.41 Å². The van der Waals surface area contributed by atoms with Crippen LogP contribution in [0.15, 0.2) is 24.5 Å². The number of nitrogens with one attached hydrogen (secondary N) is 1. The fourth-order valence-electron chi connectivity index (χ4n) is 3.09. The van der Waals surface area contributed by atoms with Gasteiger partial charge in [0.15, 0.2) is 0 Å². The van der Waals surface area contributed by atoms with Gasteiger partial charge < -0.3 is 11.1 Å². The van der Waals surface area contributed by atoms with Gasteiger partial charge in [0.2, 0.25) is 0 Å². The number of hydrogen-bond donors (Lipinski definition) is 2. The summed E-state index contributed by atoms with van der Waals surface area (Å²) in [4.78, 5) is 8.67. The maximum atomic E-state index is 5.81. The third-order valence-electron chi connectivity index (χ3n) is 4.40. The van der Waals surface area contributed by atoms with Crippen molar-refractivity contribution < 1.29 is 0 Å². The van der Waals surface area contributed by atoms with Gasteiger partial charge in [-0.05, 0) is 36.5 Å². The minimum atomic E-state index is 0.392. The summed E-state index contributed by atoms with van der Waals surface area (Å²) in [5, 5.41) is 4.57. The van der Waals surface area contributed by atoms with Crippen LogP contribution < -0.4 is 11.1 Å². The molecule has 0 unspecified atom stereocenters. The molecule has 1 heterocycles. The van der Waals surface area contributed by atoms with Gasteiger partial charge in [-0.2, -0.15) is 0 Å². The molecule has 4 heteroatoms. The summed E-state index contributed by atoms with van der Waals surface area (Å²) in [6.07, 6.45) is 8.28. The molecule has 0 aliphatic heterocycles. The Morgan fingerprint density at radius 2 is 2.00 bits per heavy atom. The van der Waals surface area contributed by atoms with Crippen LogP contribution in [0.3, 0.4) is 0 Å². The molecule has 0 spiro atoms. The zero-order chi connectivity index (χ0) is 14.0. The van der Waals surface area contributed by atoms with Crippen LogP contribution in [0.25, 0.3) is 10.9 Å². The van der Waals surface area contributed by atoms with Crippen molar-refractivity contribution in [3.8, 4) is 0 Å². The molecule has 1 aliphatic rings. The zero-order valence-electron chi connectivity index (χ0n) is 12.0. The molecule has 0 amide bonds. The Labute approximate surface area is 119 Å². The SMILES string of the molecule is CC1(CNc2ncnc3cc(N)ccc23)CCCCC1. The summed E-state index contributed by atoms with van der Waals surface area (Å²) in [5.41, 5.74) is 7.83. The average Bonchev–Trinajstić information content (AvgIpc) is 2.45. The number of nitrogen functional groups attached to an aromatic ring is 1. The molecule has 4 nitrogen and oxygen atoms in total. The van der Waals surface area contributed by atoms with Crippen LogP contribution in [0.5, 0.6) is 0 Å². The highest BCUT2D eigenvalue weighted by Gasteiger charge is 2.26. The van der Waals surface area contributed by atoms with Crippen LogP contribution in [-0.4, -0.2) is 16.5 Å². The normalized spacial score (nSPS) is 18.1. The highest BCUT2D eigenvalue weighted by atomic mass is 15.0. The molecule has 0 atom stereocenters. The van der Waals surface area contributed by atoms with Crippen LogP contribution >= 0.6 is 0 Å². The Balaban J connectivity index is 1.80. The Morgan fingerprint density at radius 1 is 1.20 bits per heavy atom. The fourth-order valence-corrected chi connectivity index (χ4v) is 3.09. The van der Waals surface area contributed by atoms with E-state index in [9.17, 15) is 0 Å². The van der Waals surface area contributed by atoms with Crippen LogP contribution in [0.4, 0.5) is 11.5 Å². The molecular formula is C16H22N4. The van der Waals surface area contributed by atoms with E-state index in [1.54, 1.807) is 6.33 Å². The summed E-state index contributed by atoms with van der Waals surface area (Å²) in [5.74, 6) is 0.918. The predicted molar refractivity (Wildman–Crippen MR) is 83.6 cm³/mol. The maximum absolute atomic E-state index is 5.81. The second-order valence-electron chi connectivity index (χ2n) is 6.22. The van der Waals surface area contributed by atoms with Gasteiger partial charge in [0.25, 0.3) is 0 Å². The van der Waals surface area contributed by atoms with Gasteiger partial charge in [0.1, 0.15) is 12.1 Å². The Bertz CT molecular complexity index is 602. The number of aromatic nitrogens is 2. The van der Waals surface area contributed by atoms with Gasteiger partial charge in [-0.15, -0.1) is 0 Å². The highest BCUT2D eigenvalue weighted by molar-refractivity contribution is 5.90. The average molecular weight is 270 g/mol. The summed E-state index contributed by atoms with van der Waals surface area (Å²) >= 11 is 0. The van der Waals surface area contributed by atoms with Crippen LogP contribution in [-0.2, 0) is 0 Å². The lowest BCUT2D eigenvalue weighted by atomic mass is 9.76. The van der Waals surface area contributed by atoms with Crippen molar-refractivity contribution >= 4 is 22.4 Å². The lowest BCUT2D eigenvalue weighted by molar-refractivity contribution is 0.233. The van der Waals surface area contributed by atoms with Crippen LogP contribution in [0.2, 0.25) is 0 Å². The van der Waals surface area contributed by atoms with Gasteiger partial charge in [0, 0.05) is 17.6 Å². The van der Waals surface area contributed by atoms with Crippen molar-refractivity contribution in [2.45, 2.75) is 39.0 Å². The zero-order valence-corrected chi connectivity index (χ0v) is 12.0. The highest BCUT2D eigenvalue weighted by Crippen LogP contribution is 2.36. The third-order valence-corrected chi connectivity index (χ3v) is 4.40. The van der Waals surface area contributed by atoms with Crippen molar-refractivity contribution in [3.63, 3.8) is 0 Å². The fraction of sp³-hybridized carbons (Fsp3) is 0.500. The van der Waals surface area contributed by atoms with Crippen LogP contribution in [0.1, 0.15) is 39.0 Å². The second-order valence-corrected chi connectivity index (χ2v) is 6.22. The first kappa shape index (κ1) is 13.2. The van der Waals surface area contributed by atoms with Gasteiger partial charge in [-0.1, -0.05) is 26.2 Å². The monoisotopic (exact) mass is 270 g/mol. The molecule has 2 aromatic rings. The van der Waals surface area contributed by atoms with E-state index in [1.807, 2.05) is 18.2 Å². The molecule has 0 bridgehead atoms. The van der Waals surface area contributed by atoms with Gasteiger partial charge >= 0.3 is 0 Å². The van der Waals surface area contributed by atoms with E-state index in [2.05, 4.69) is 22.2 Å². The number of fused-ring (bicyclic) bond motifs is 1. The number of nitrogens with zero attached hydrogens (tertiary/aromatic N) is 2. The maximum Gasteiger partial charge on any atom is 0.137 e. The standard InChI is InChI=1S/C16H22N4/c1-16(7-3-2-4-8-16)10-18-15-13-6-5-12(17)9-14(13)19-11-20-15/h5-6,9,11H,2-4,7-8,10,17H2,1H3,(H,18,19,20). The van der Waals surface area contributed by atoms with E-state index in [0.29, 0.717) is 5.41 Å². The number of rotatable bonds is 3. The number of anilines is 2. The lowest BCUT2D eigenvalue weighted by Crippen LogP contribution is -2.29. The van der Waals surface area contributed by atoms with E-state index in [4.69, 9.17) is 5.73 Å². The molecule has 1 aliphatic carbocycles. The largest absolute Gasteiger partial charge is 0.399 e. The Morgan fingerprint density at radius 3 is 2.80 bits per heavy atom. The van der Waals surface area contributed by atoms with Gasteiger partial charge in [0.05, 0.1) is 5.52 Å². The molecule has 1 aromatic heterocycles. The topological polar surface area (TPSA) is 63.8 Å². The predicted octanol–water partition coefficient (Wildman–Crippen LogP) is 3.59. The number of hydrogen-bond acceptors (Lipinski definition) is 4. The molecule has 0 saturated heterocycles. The molecule has 3 N–H and O–H groups in total. The molecule has 3 rings (SSSR count). The van der Waals surface area contributed by atoms with E-state index in [0.717, 1.165) is 29.0 Å². The van der Waals surface area contributed by atoms with E-state index in [1.165, 1.54) is 32.1 Å². The van der Waals surface area contributed by atoms with E-state index < -0.39 is 0 Å². The summed E-state index contributed by atoms with van der Waals surface area (Å²) in [6, 6.07) is 5.79. The van der Waals surface area contributed by atoms with Crippen LogP contribution in [0, 0.1) is 5.41 Å². The number of nitrogens with two attached hydrogens (primary N) is 1. The Kier molecular flexibility index (Phi) is 3.47. The summed E-state index contributed by atoms with van der Waals surface area (Å²) in [7, 11) is 0. The van der Waals surface area contributed by atoms with Gasteiger partial charge in [-0.3, -0.25) is 0 Å². The van der Waals surface area contributed by atoms with Crippen molar-refractivity contribution in [2.75, 3.05) is 17.6 Å². The summed E-state index contributed by atoms with van der Waals surface area (Å²) < 4.78 is 0. The smallest absolute Gasteiger partial charge is 0.137 e. The minimum Gasteiger partial charge on any atom is -0.399 e. The molecule has 0 radical (unpaired) electrons. The first-order valence-electron chi connectivity index (χ1n) is 7.40. The molecule has 1 aromatic carbocycles. The first-order valence-corrected chi connectivity index (χ1v) is 7.40.